The van der Waals surface area contributed by atoms with E-state index in [1.165, 1.54) is 4.90 Å². The second kappa shape index (κ2) is 13.1. The molecular formula is C50H34N4O2. The molecule has 3 aromatic heterocycles. The van der Waals surface area contributed by atoms with Gasteiger partial charge in [-0.25, -0.2) is 4.90 Å². The van der Waals surface area contributed by atoms with Crippen LogP contribution in [-0.4, -0.2) is 26.3 Å². The monoisotopic (exact) mass is 722 g/mol. The Balaban J connectivity index is 1.19. The van der Waals surface area contributed by atoms with E-state index >= 15 is 4.79 Å². The van der Waals surface area contributed by atoms with Crippen molar-refractivity contribution in [2.45, 2.75) is 13.8 Å². The lowest BCUT2D eigenvalue weighted by molar-refractivity contribution is 0.0926. The summed E-state index contributed by atoms with van der Waals surface area (Å²) in [6.45, 7) is 4.14. The molecule has 6 heteroatoms. The number of anilines is 1. The molecule has 0 radical (unpaired) electrons. The molecule has 0 bridgehead atoms. The molecule has 0 saturated carbocycles. The van der Waals surface area contributed by atoms with E-state index in [2.05, 4.69) is 64.8 Å². The third kappa shape index (κ3) is 5.26. The summed E-state index contributed by atoms with van der Waals surface area (Å²) in [5.74, 6) is -0.702. The summed E-state index contributed by atoms with van der Waals surface area (Å²) >= 11 is 0. The normalized spacial score (nSPS) is 12.5. The molecule has 4 heterocycles. The minimum Gasteiger partial charge on any atom is -0.308 e. The van der Waals surface area contributed by atoms with Crippen LogP contribution in [0.25, 0.3) is 72.0 Å². The molecule has 0 fully saturated rings. The number of nitrogens with zero attached hydrogens (tertiary/aromatic N) is 4. The molecule has 266 valence electrons. The number of rotatable bonds is 6. The van der Waals surface area contributed by atoms with E-state index in [1.54, 1.807) is 6.07 Å². The summed E-state index contributed by atoms with van der Waals surface area (Å²) in [5.41, 5.74) is 14.0. The molecule has 56 heavy (non-hydrogen) atoms. The highest BCUT2D eigenvalue weighted by atomic mass is 16.2. The quantitative estimate of drug-likeness (QED) is 0.160. The van der Waals surface area contributed by atoms with Crippen molar-refractivity contribution in [3.8, 4) is 50.2 Å². The number of amides is 2. The molecule has 0 saturated heterocycles. The minimum atomic E-state index is -0.356. The van der Waals surface area contributed by atoms with Gasteiger partial charge in [0.2, 0.25) is 0 Å². The van der Waals surface area contributed by atoms with Crippen LogP contribution in [0.1, 0.15) is 31.8 Å². The SMILES string of the molecule is Cc1cnccc1-c1ccc2c(c1)c1cc(-c3ccncc3C)ccc1n2-c1cccc2c1C(=O)N(c1cc(-c3ccccc3)ccc1-c1ccccc1)C2=O. The van der Waals surface area contributed by atoms with Gasteiger partial charge in [0.05, 0.1) is 33.5 Å². The molecule has 6 nitrogen and oxygen atoms in total. The van der Waals surface area contributed by atoms with Crippen molar-refractivity contribution >= 4 is 39.3 Å². The van der Waals surface area contributed by atoms with Crippen LogP contribution < -0.4 is 4.90 Å². The molecule has 0 spiro atoms. The number of pyridine rings is 2. The van der Waals surface area contributed by atoms with E-state index in [0.29, 0.717) is 22.5 Å². The summed E-state index contributed by atoms with van der Waals surface area (Å²) in [4.78, 5) is 39.7. The number of aromatic nitrogens is 3. The van der Waals surface area contributed by atoms with E-state index in [1.807, 2.05) is 128 Å². The van der Waals surface area contributed by atoms with Crippen molar-refractivity contribution in [1.82, 2.24) is 14.5 Å². The molecular weight excluding hydrogens is 689 g/mol. The summed E-state index contributed by atoms with van der Waals surface area (Å²) in [5, 5.41) is 2.07. The first-order valence-electron chi connectivity index (χ1n) is 18.6. The van der Waals surface area contributed by atoms with Crippen LogP contribution in [0.4, 0.5) is 5.69 Å². The van der Waals surface area contributed by atoms with Crippen molar-refractivity contribution in [1.29, 1.82) is 0 Å². The molecule has 2 amide bonds. The second-order valence-corrected chi connectivity index (χ2v) is 14.3. The fourth-order valence-corrected chi connectivity index (χ4v) is 8.27. The summed E-state index contributed by atoms with van der Waals surface area (Å²) in [7, 11) is 0. The minimum absolute atomic E-state index is 0.346. The van der Waals surface area contributed by atoms with Gasteiger partial charge in [-0.1, -0.05) is 91.0 Å². The van der Waals surface area contributed by atoms with Gasteiger partial charge in [0, 0.05) is 41.1 Å². The Morgan fingerprint density at radius 2 is 1.00 bits per heavy atom. The molecule has 1 aliphatic heterocycles. The number of imide groups is 1. The second-order valence-electron chi connectivity index (χ2n) is 14.3. The topological polar surface area (TPSA) is 68.1 Å². The van der Waals surface area contributed by atoms with E-state index in [4.69, 9.17) is 0 Å². The van der Waals surface area contributed by atoms with Gasteiger partial charge >= 0.3 is 0 Å². The molecule has 6 aromatic carbocycles. The van der Waals surface area contributed by atoms with E-state index in [0.717, 1.165) is 77.4 Å². The Labute approximate surface area is 324 Å². The van der Waals surface area contributed by atoms with E-state index < -0.39 is 0 Å². The number of carbonyl (C=O) groups is 2. The van der Waals surface area contributed by atoms with Gasteiger partial charge in [-0.15, -0.1) is 0 Å². The van der Waals surface area contributed by atoms with Crippen LogP contribution in [0.3, 0.4) is 0 Å². The molecule has 0 N–H and O–H groups in total. The molecule has 1 aliphatic rings. The highest BCUT2D eigenvalue weighted by Crippen LogP contribution is 2.43. The third-order valence-electron chi connectivity index (χ3n) is 11.0. The van der Waals surface area contributed by atoms with Gasteiger partial charge in [-0.05, 0) is 119 Å². The maximum atomic E-state index is 15.1. The average Bonchev–Trinajstić information content (AvgIpc) is 3.70. The van der Waals surface area contributed by atoms with Gasteiger partial charge < -0.3 is 4.57 Å². The predicted molar refractivity (Wildman–Crippen MR) is 225 cm³/mol. The van der Waals surface area contributed by atoms with Gasteiger partial charge in [-0.3, -0.25) is 19.6 Å². The number of hydrogen-bond donors (Lipinski definition) is 0. The van der Waals surface area contributed by atoms with Crippen LogP contribution in [0.5, 0.6) is 0 Å². The highest BCUT2D eigenvalue weighted by Gasteiger charge is 2.40. The van der Waals surface area contributed by atoms with Crippen molar-refractivity contribution < 1.29 is 9.59 Å². The fourth-order valence-electron chi connectivity index (χ4n) is 8.27. The lowest BCUT2D eigenvalue weighted by Crippen LogP contribution is -2.30. The molecule has 9 aromatic rings. The Hall–Kier alpha value is -7.44. The number of fused-ring (bicyclic) bond motifs is 4. The highest BCUT2D eigenvalue weighted by molar-refractivity contribution is 6.36. The Morgan fingerprint density at radius 1 is 0.429 bits per heavy atom. The third-order valence-corrected chi connectivity index (χ3v) is 11.0. The van der Waals surface area contributed by atoms with Crippen molar-refractivity contribution in [3.63, 3.8) is 0 Å². The lowest BCUT2D eigenvalue weighted by atomic mass is 9.97. The summed E-state index contributed by atoms with van der Waals surface area (Å²) < 4.78 is 2.14. The smallest absolute Gasteiger partial charge is 0.268 e. The van der Waals surface area contributed by atoms with Crippen LogP contribution in [0.2, 0.25) is 0 Å². The van der Waals surface area contributed by atoms with Gasteiger partial charge in [-0.2, -0.15) is 0 Å². The molecule has 0 atom stereocenters. The van der Waals surface area contributed by atoms with Crippen molar-refractivity contribution in [3.05, 3.63) is 193 Å². The van der Waals surface area contributed by atoms with Crippen LogP contribution in [0.15, 0.2) is 170 Å². The predicted octanol–water partition coefficient (Wildman–Crippen LogP) is 11.7. The largest absolute Gasteiger partial charge is 0.308 e. The molecule has 10 rings (SSSR count). The van der Waals surface area contributed by atoms with E-state index in [9.17, 15) is 4.79 Å². The number of benzene rings is 6. The Bertz CT molecular complexity index is 2940. The average molecular weight is 723 g/mol. The lowest BCUT2D eigenvalue weighted by Gasteiger charge is -2.20. The first-order valence-corrected chi connectivity index (χ1v) is 18.6. The zero-order valence-electron chi connectivity index (χ0n) is 30.8. The zero-order valence-corrected chi connectivity index (χ0v) is 30.8. The van der Waals surface area contributed by atoms with Crippen LogP contribution >= 0.6 is 0 Å². The Kier molecular flexibility index (Phi) is 7.78. The van der Waals surface area contributed by atoms with Crippen LogP contribution in [-0.2, 0) is 0 Å². The summed E-state index contributed by atoms with van der Waals surface area (Å²) in [6.07, 6.45) is 7.40. The van der Waals surface area contributed by atoms with E-state index in [-0.39, 0.29) is 11.8 Å². The van der Waals surface area contributed by atoms with Crippen LogP contribution in [0, 0.1) is 13.8 Å². The molecule has 0 aliphatic carbocycles. The first-order chi connectivity index (χ1) is 27.5. The van der Waals surface area contributed by atoms with Gasteiger partial charge in [0.25, 0.3) is 11.8 Å². The van der Waals surface area contributed by atoms with Crippen molar-refractivity contribution in [2.75, 3.05) is 4.90 Å². The number of aryl methyl sites for hydroxylation is 2. The number of hydrogen-bond acceptors (Lipinski definition) is 4. The maximum absolute atomic E-state index is 15.1. The first kappa shape index (κ1) is 33.2. The number of carbonyl (C=O) groups excluding carboxylic acids is 2. The standard InChI is InChI=1S/C50H34N4O2/c1-31-29-51-24-22-38(31)36-17-20-44-42(26-36)43-27-37(39-23-25-52-30-32(39)2)18-21-45(43)53(44)46-15-9-14-41-48(46)50(56)54(49(41)55)47-28-35(33-10-5-3-6-11-33)16-19-40(47)34-12-7-4-8-13-34/h3-30H,1-2H3. The summed E-state index contributed by atoms with van der Waals surface area (Å²) in [6, 6.07) is 48.6. The fraction of sp³-hybridized carbons (Fsp3) is 0.0400. The molecule has 0 unspecified atom stereocenters. The van der Waals surface area contributed by atoms with Gasteiger partial charge in [0.15, 0.2) is 0 Å². The Morgan fingerprint density at radius 3 is 1.59 bits per heavy atom. The maximum Gasteiger partial charge on any atom is 0.268 e. The van der Waals surface area contributed by atoms with Crippen molar-refractivity contribution in [2.24, 2.45) is 0 Å². The zero-order chi connectivity index (χ0) is 37.9. The van der Waals surface area contributed by atoms with Gasteiger partial charge in [0.1, 0.15) is 0 Å².